The molecule has 0 atom stereocenters. The summed E-state index contributed by atoms with van der Waals surface area (Å²) in [6.45, 7) is 10.4. The maximum atomic E-state index is 4.35. The Hall–Kier alpha value is -1.05. The maximum Gasteiger partial charge on any atom is 0.0974 e. The Morgan fingerprint density at radius 1 is 1.36 bits per heavy atom. The topological polar surface area (TPSA) is 24.4 Å². The molecule has 0 saturated heterocycles. The molecule has 0 heterocycles. The molecule has 0 unspecified atom stereocenters. The smallest absolute Gasteiger partial charge is 0.0974 e. The Balaban J connectivity index is 3.94. The summed E-state index contributed by atoms with van der Waals surface area (Å²) in [6.07, 6.45) is 7.14. The van der Waals surface area contributed by atoms with Crippen molar-refractivity contribution in [3.05, 3.63) is 23.9 Å². The fourth-order valence-corrected chi connectivity index (χ4v) is 0.924. The maximum absolute atomic E-state index is 4.35. The Kier molecular flexibility index (Phi) is 6.81. The molecule has 2 heteroatoms. The van der Waals surface area contributed by atoms with E-state index in [1.807, 2.05) is 19.2 Å². The Labute approximate surface area is 87.8 Å². The predicted octanol–water partition coefficient (Wildman–Crippen LogP) is 3.27. The van der Waals surface area contributed by atoms with E-state index in [0.717, 1.165) is 12.3 Å². The second-order valence-electron chi connectivity index (χ2n) is 3.68. The van der Waals surface area contributed by atoms with Gasteiger partial charge in [0.2, 0.25) is 0 Å². The van der Waals surface area contributed by atoms with Crippen LogP contribution in [0.1, 0.15) is 41.0 Å². The number of allylic oxidation sites excluding steroid dienone is 3. The van der Waals surface area contributed by atoms with Crippen molar-refractivity contribution < 1.29 is 0 Å². The molecular weight excluding hydrogens is 172 g/mol. The summed E-state index contributed by atoms with van der Waals surface area (Å²) in [4.78, 5) is 4.35. The summed E-state index contributed by atoms with van der Waals surface area (Å²) in [6, 6.07) is 0.351. The standard InChI is InChI=1S/C12H22N2/c1-6-11(4)8-7-9-13-12(5)14-10(2)3/h7-10H,6H2,1-5H3,(H,13,14)/b9-7-,11-8-. The van der Waals surface area contributed by atoms with Gasteiger partial charge in [-0.2, -0.15) is 0 Å². The molecule has 80 valence electrons. The van der Waals surface area contributed by atoms with Gasteiger partial charge in [0, 0.05) is 12.2 Å². The van der Waals surface area contributed by atoms with Gasteiger partial charge in [-0.25, -0.2) is 0 Å². The average molecular weight is 194 g/mol. The number of rotatable bonds is 4. The number of hydrogen-bond acceptors (Lipinski definition) is 1. The van der Waals surface area contributed by atoms with Crippen molar-refractivity contribution in [2.75, 3.05) is 0 Å². The van der Waals surface area contributed by atoms with Crippen molar-refractivity contribution in [2.45, 2.75) is 47.1 Å². The van der Waals surface area contributed by atoms with E-state index in [1.54, 1.807) is 0 Å². The van der Waals surface area contributed by atoms with Crippen LogP contribution in [0.4, 0.5) is 0 Å². The summed E-state index contributed by atoms with van der Waals surface area (Å²) in [5.74, 6) is 0.957. The van der Waals surface area contributed by atoms with Gasteiger partial charge in [-0.15, -0.1) is 0 Å². The van der Waals surface area contributed by atoms with Crippen molar-refractivity contribution in [3.8, 4) is 0 Å². The second kappa shape index (κ2) is 7.36. The monoisotopic (exact) mass is 194 g/mol. The molecule has 2 nitrogen and oxygen atoms in total. The molecule has 14 heavy (non-hydrogen) atoms. The van der Waals surface area contributed by atoms with E-state index in [2.05, 4.69) is 44.1 Å². The van der Waals surface area contributed by atoms with Crippen LogP contribution >= 0.6 is 0 Å². The fraction of sp³-hybridized carbons (Fsp3) is 0.583. The van der Waals surface area contributed by atoms with Gasteiger partial charge < -0.3 is 5.32 Å². The first-order valence-electron chi connectivity index (χ1n) is 5.19. The minimum absolute atomic E-state index is 0.351. The van der Waals surface area contributed by atoms with Gasteiger partial charge in [-0.05, 0) is 40.2 Å². The molecule has 0 aromatic carbocycles. The highest BCUT2D eigenvalue weighted by molar-refractivity contribution is 5.80. The van der Waals surface area contributed by atoms with Crippen molar-refractivity contribution in [2.24, 2.45) is 4.99 Å². The van der Waals surface area contributed by atoms with Crippen molar-refractivity contribution >= 4 is 5.84 Å². The minimum Gasteiger partial charge on any atom is -0.351 e. The predicted molar refractivity (Wildman–Crippen MR) is 64.6 cm³/mol. The third-order valence-electron chi connectivity index (χ3n) is 1.78. The van der Waals surface area contributed by atoms with Crippen molar-refractivity contribution in [3.63, 3.8) is 0 Å². The molecular formula is C12H22N2. The lowest BCUT2D eigenvalue weighted by Gasteiger charge is -2.01. The summed E-state index contributed by atoms with van der Waals surface area (Å²) in [7, 11) is 0. The van der Waals surface area contributed by atoms with E-state index in [9.17, 15) is 0 Å². The van der Waals surface area contributed by atoms with Crippen LogP contribution in [0.2, 0.25) is 0 Å². The molecule has 0 aliphatic carbocycles. The average Bonchev–Trinajstić information content (AvgIpc) is 2.10. The van der Waals surface area contributed by atoms with Crippen LogP contribution in [-0.2, 0) is 0 Å². The summed E-state index contributed by atoms with van der Waals surface area (Å²) < 4.78 is 0. The first-order valence-corrected chi connectivity index (χ1v) is 5.19. The Bertz CT molecular complexity index is 235. The van der Waals surface area contributed by atoms with Crippen LogP contribution in [0.15, 0.2) is 28.9 Å². The lowest BCUT2D eigenvalue weighted by Crippen LogP contribution is -2.14. The van der Waals surface area contributed by atoms with Crippen LogP contribution in [0.25, 0.3) is 0 Å². The zero-order chi connectivity index (χ0) is 11.0. The second-order valence-corrected chi connectivity index (χ2v) is 3.68. The highest BCUT2D eigenvalue weighted by Crippen LogP contribution is 1.96. The minimum atomic E-state index is 0.351. The fourth-order valence-electron chi connectivity index (χ4n) is 0.924. The zero-order valence-electron chi connectivity index (χ0n) is 9.96. The third kappa shape index (κ3) is 7.59. The molecule has 0 amide bonds. The first kappa shape index (κ1) is 12.9. The van der Waals surface area contributed by atoms with Gasteiger partial charge in [-0.3, -0.25) is 4.99 Å². The van der Waals surface area contributed by atoms with E-state index < -0.39 is 0 Å². The lowest BCUT2D eigenvalue weighted by atomic mass is 10.2. The molecule has 0 aromatic heterocycles. The van der Waals surface area contributed by atoms with Crippen LogP contribution in [0.3, 0.4) is 0 Å². The van der Waals surface area contributed by atoms with Crippen LogP contribution in [0.5, 0.6) is 0 Å². The van der Waals surface area contributed by atoms with Gasteiger partial charge >= 0.3 is 0 Å². The summed E-state index contributed by atoms with van der Waals surface area (Å²) in [5, 5.41) is 3.12. The number of amidine groups is 1. The van der Waals surface area contributed by atoms with E-state index >= 15 is 0 Å². The zero-order valence-corrected chi connectivity index (χ0v) is 9.96. The molecule has 0 aromatic rings. The van der Waals surface area contributed by atoms with Crippen LogP contribution in [-0.4, -0.2) is 11.9 Å². The van der Waals surface area contributed by atoms with E-state index in [4.69, 9.17) is 0 Å². The van der Waals surface area contributed by atoms with Gasteiger partial charge in [0.05, 0.1) is 5.84 Å². The lowest BCUT2D eigenvalue weighted by molar-refractivity contribution is 0.827. The Morgan fingerprint density at radius 2 is 2.00 bits per heavy atom. The molecule has 0 radical (unpaired) electrons. The van der Waals surface area contributed by atoms with E-state index in [0.29, 0.717) is 6.04 Å². The van der Waals surface area contributed by atoms with Crippen molar-refractivity contribution in [1.82, 2.24) is 5.32 Å². The van der Waals surface area contributed by atoms with Gasteiger partial charge in [-0.1, -0.05) is 18.6 Å². The van der Waals surface area contributed by atoms with Crippen LogP contribution in [0, 0.1) is 0 Å². The quantitative estimate of drug-likeness (QED) is 0.414. The first-order chi connectivity index (χ1) is 6.56. The SMILES string of the molecule is CC/C(C)=C\C=C/NC(C)=NC(C)C. The number of nitrogens with zero attached hydrogens (tertiary/aromatic N) is 1. The molecule has 0 bridgehead atoms. The summed E-state index contributed by atoms with van der Waals surface area (Å²) in [5.41, 5.74) is 1.38. The van der Waals surface area contributed by atoms with E-state index in [-0.39, 0.29) is 0 Å². The normalized spacial score (nSPS) is 14.1. The van der Waals surface area contributed by atoms with Crippen LogP contribution < -0.4 is 5.32 Å². The molecule has 0 fully saturated rings. The molecule has 0 rings (SSSR count). The van der Waals surface area contributed by atoms with E-state index in [1.165, 1.54) is 5.57 Å². The van der Waals surface area contributed by atoms with Gasteiger partial charge in [0.1, 0.15) is 0 Å². The highest BCUT2D eigenvalue weighted by Gasteiger charge is 1.88. The molecule has 0 aliphatic heterocycles. The number of hydrogen-bond donors (Lipinski definition) is 1. The van der Waals surface area contributed by atoms with Crippen molar-refractivity contribution in [1.29, 1.82) is 0 Å². The highest BCUT2D eigenvalue weighted by atomic mass is 15.0. The van der Waals surface area contributed by atoms with Gasteiger partial charge in [0.15, 0.2) is 0 Å². The largest absolute Gasteiger partial charge is 0.351 e. The molecule has 0 spiro atoms. The molecule has 0 saturated carbocycles. The Morgan fingerprint density at radius 3 is 2.50 bits per heavy atom. The summed E-state index contributed by atoms with van der Waals surface area (Å²) >= 11 is 0. The molecule has 1 N–H and O–H groups in total. The van der Waals surface area contributed by atoms with Gasteiger partial charge in [0.25, 0.3) is 0 Å². The number of aliphatic imine (C=N–C) groups is 1. The number of nitrogens with one attached hydrogen (secondary N) is 1. The third-order valence-corrected chi connectivity index (χ3v) is 1.78. The molecule has 0 aliphatic rings.